The lowest BCUT2D eigenvalue weighted by Crippen LogP contribution is -2.14. The van der Waals surface area contributed by atoms with Crippen molar-refractivity contribution in [1.82, 2.24) is 0 Å². The fraction of sp³-hybridized carbons (Fsp3) is 0.0847. The molecule has 1 aromatic heterocycles. The maximum atomic E-state index is 6.28. The Balaban J connectivity index is 0.939. The van der Waals surface area contributed by atoms with Crippen LogP contribution in [0.5, 0.6) is 0 Å². The van der Waals surface area contributed by atoms with Crippen molar-refractivity contribution in [1.29, 1.82) is 0 Å². The van der Waals surface area contributed by atoms with Gasteiger partial charge in [-0.3, -0.25) is 0 Å². The van der Waals surface area contributed by atoms with E-state index < -0.39 is 0 Å². The first-order valence-corrected chi connectivity index (χ1v) is 21.1. The van der Waals surface area contributed by atoms with Crippen LogP contribution in [0.2, 0.25) is 0 Å². The predicted octanol–water partition coefficient (Wildman–Crippen LogP) is 16.7. The van der Waals surface area contributed by atoms with Crippen LogP contribution in [-0.4, -0.2) is 0 Å². The first-order valence-electron chi connectivity index (χ1n) is 21.1. The molecule has 60 heavy (non-hydrogen) atoms. The van der Waals surface area contributed by atoms with Crippen molar-refractivity contribution in [3.05, 3.63) is 204 Å². The number of fused-ring (bicyclic) bond motifs is 10. The predicted molar refractivity (Wildman–Crippen MR) is 257 cm³/mol. The van der Waals surface area contributed by atoms with E-state index in [0.29, 0.717) is 0 Å². The minimum atomic E-state index is -0.105. The molecule has 0 atom stereocenters. The van der Waals surface area contributed by atoms with E-state index in [1.807, 2.05) is 6.07 Å². The molecule has 0 saturated heterocycles. The van der Waals surface area contributed by atoms with Gasteiger partial charge in [-0.25, -0.2) is 0 Å². The van der Waals surface area contributed by atoms with Gasteiger partial charge in [0.1, 0.15) is 11.2 Å². The SMILES string of the molecule is C/C(=C\c1ccc(-c2c3ccccc3c(-c3ccc4ccccc4c3)c3ccccc23)cc1C)c1ccc2c(c1)-c1cc3cc4c(cc3cc1C2(C)C)oc1ccccc14. The van der Waals surface area contributed by atoms with Gasteiger partial charge in [0.2, 0.25) is 0 Å². The highest BCUT2D eigenvalue weighted by molar-refractivity contribution is 6.22. The van der Waals surface area contributed by atoms with Crippen LogP contribution in [0.15, 0.2) is 180 Å². The minimum absolute atomic E-state index is 0.105. The third kappa shape index (κ3) is 5.19. The van der Waals surface area contributed by atoms with E-state index in [4.69, 9.17) is 4.42 Å². The van der Waals surface area contributed by atoms with E-state index in [2.05, 4.69) is 204 Å². The minimum Gasteiger partial charge on any atom is -0.456 e. The highest BCUT2D eigenvalue weighted by Crippen LogP contribution is 2.51. The molecule has 0 aliphatic heterocycles. The number of hydrogen-bond donors (Lipinski definition) is 0. The van der Waals surface area contributed by atoms with Crippen molar-refractivity contribution in [2.24, 2.45) is 0 Å². The van der Waals surface area contributed by atoms with Crippen LogP contribution in [0.25, 0.3) is 110 Å². The molecule has 284 valence electrons. The molecular weight excluding hydrogens is 725 g/mol. The molecular formula is C59H42O. The number of benzene rings is 10. The largest absolute Gasteiger partial charge is 0.456 e. The van der Waals surface area contributed by atoms with Gasteiger partial charge in [0.25, 0.3) is 0 Å². The van der Waals surface area contributed by atoms with Crippen molar-refractivity contribution >= 4 is 76.7 Å². The number of rotatable bonds is 4. The number of hydrogen-bond acceptors (Lipinski definition) is 1. The molecule has 1 heterocycles. The van der Waals surface area contributed by atoms with Crippen LogP contribution in [0.1, 0.15) is 48.6 Å². The first-order chi connectivity index (χ1) is 29.3. The quantitative estimate of drug-likeness (QED) is 0.128. The molecule has 12 rings (SSSR count). The van der Waals surface area contributed by atoms with Gasteiger partial charge in [0, 0.05) is 16.2 Å². The second-order valence-corrected chi connectivity index (χ2v) is 17.4. The Morgan fingerprint density at radius 3 is 1.77 bits per heavy atom. The van der Waals surface area contributed by atoms with Gasteiger partial charge in [-0.05, 0) is 166 Å². The smallest absolute Gasteiger partial charge is 0.136 e. The van der Waals surface area contributed by atoms with Crippen LogP contribution >= 0.6 is 0 Å². The number of aryl methyl sites for hydroxylation is 1. The molecule has 0 unspecified atom stereocenters. The molecule has 0 N–H and O–H groups in total. The number of furan rings is 1. The molecule has 11 aromatic rings. The molecule has 10 aromatic carbocycles. The summed E-state index contributed by atoms with van der Waals surface area (Å²) < 4.78 is 6.28. The zero-order chi connectivity index (χ0) is 40.3. The second kappa shape index (κ2) is 12.9. The van der Waals surface area contributed by atoms with Gasteiger partial charge in [-0.1, -0.05) is 153 Å². The average Bonchev–Trinajstić information content (AvgIpc) is 3.74. The molecule has 0 amide bonds. The fourth-order valence-corrected chi connectivity index (χ4v) is 10.4. The Morgan fingerprint density at radius 2 is 1.05 bits per heavy atom. The molecule has 0 saturated carbocycles. The van der Waals surface area contributed by atoms with Crippen molar-refractivity contribution in [3.8, 4) is 33.4 Å². The maximum absolute atomic E-state index is 6.28. The highest BCUT2D eigenvalue weighted by Gasteiger charge is 2.36. The van der Waals surface area contributed by atoms with Crippen molar-refractivity contribution in [2.45, 2.75) is 33.1 Å². The molecule has 0 bridgehead atoms. The van der Waals surface area contributed by atoms with Crippen molar-refractivity contribution in [3.63, 3.8) is 0 Å². The lowest BCUT2D eigenvalue weighted by atomic mass is 9.81. The van der Waals surface area contributed by atoms with Crippen LogP contribution in [0, 0.1) is 6.92 Å². The van der Waals surface area contributed by atoms with Gasteiger partial charge < -0.3 is 4.42 Å². The Kier molecular flexibility index (Phi) is 7.47. The number of allylic oxidation sites excluding steroid dienone is 1. The molecule has 1 aliphatic rings. The van der Waals surface area contributed by atoms with Crippen LogP contribution in [-0.2, 0) is 5.41 Å². The summed E-state index contributed by atoms with van der Waals surface area (Å²) >= 11 is 0. The van der Waals surface area contributed by atoms with Crippen LogP contribution in [0.4, 0.5) is 0 Å². The zero-order valence-electron chi connectivity index (χ0n) is 34.2. The van der Waals surface area contributed by atoms with Gasteiger partial charge in [0.05, 0.1) is 0 Å². The van der Waals surface area contributed by atoms with E-state index in [1.54, 1.807) is 0 Å². The fourth-order valence-electron chi connectivity index (χ4n) is 10.4. The van der Waals surface area contributed by atoms with Gasteiger partial charge >= 0.3 is 0 Å². The third-order valence-corrected chi connectivity index (χ3v) is 13.5. The normalized spacial score (nSPS) is 13.6. The Morgan fingerprint density at radius 1 is 0.450 bits per heavy atom. The Bertz CT molecular complexity index is 3590. The standard InChI is InChI=1S/C59H42O/c1-35(39-25-26-53-50(30-39)51-31-43-32-52-45-15-11-12-20-55(45)60-56(52)34-44(43)33-54(51)59(53,3)4)27-38-22-24-41(28-36(38)2)57-46-16-7-9-18-48(46)58(49-19-10-8-17-47(49)57)42-23-21-37-13-5-6-14-40(37)29-42/h5-34H,1-4H3/b35-27+. The van der Waals surface area contributed by atoms with E-state index in [1.165, 1.54) is 121 Å². The average molecular weight is 767 g/mol. The van der Waals surface area contributed by atoms with Gasteiger partial charge in [0.15, 0.2) is 0 Å². The van der Waals surface area contributed by atoms with Crippen LogP contribution in [0.3, 0.4) is 0 Å². The van der Waals surface area contributed by atoms with E-state index in [0.717, 1.165) is 11.2 Å². The molecule has 1 aliphatic carbocycles. The Hall–Kier alpha value is -7.22. The third-order valence-electron chi connectivity index (χ3n) is 13.5. The lowest BCUT2D eigenvalue weighted by Gasteiger charge is -2.22. The molecule has 1 nitrogen and oxygen atoms in total. The number of para-hydroxylation sites is 1. The maximum Gasteiger partial charge on any atom is 0.136 e. The lowest BCUT2D eigenvalue weighted by molar-refractivity contribution is 0.661. The summed E-state index contributed by atoms with van der Waals surface area (Å²) in [5.41, 5.74) is 17.3. The first kappa shape index (κ1) is 34.8. The molecule has 0 spiro atoms. The van der Waals surface area contributed by atoms with Gasteiger partial charge in [-0.15, -0.1) is 0 Å². The summed E-state index contributed by atoms with van der Waals surface area (Å²) in [6, 6.07) is 65.2. The monoisotopic (exact) mass is 766 g/mol. The summed E-state index contributed by atoms with van der Waals surface area (Å²) in [6.07, 6.45) is 2.36. The molecule has 1 heteroatoms. The van der Waals surface area contributed by atoms with Crippen LogP contribution < -0.4 is 0 Å². The Labute approximate surface area is 349 Å². The van der Waals surface area contributed by atoms with E-state index in [-0.39, 0.29) is 5.41 Å². The highest BCUT2D eigenvalue weighted by atomic mass is 16.3. The van der Waals surface area contributed by atoms with E-state index in [9.17, 15) is 0 Å². The molecule has 0 fully saturated rings. The summed E-state index contributed by atoms with van der Waals surface area (Å²) in [5.74, 6) is 0. The summed E-state index contributed by atoms with van der Waals surface area (Å²) in [5, 5.41) is 12.4. The summed E-state index contributed by atoms with van der Waals surface area (Å²) in [6.45, 7) is 9.23. The molecule has 0 radical (unpaired) electrons. The second-order valence-electron chi connectivity index (χ2n) is 17.4. The summed E-state index contributed by atoms with van der Waals surface area (Å²) in [4.78, 5) is 0. The summed E-state index contributed by atoms with van der Waals surface area (Å²) in [7, 11) is 0. The van der Waals surface area contributed by atoms with Crippen molar-refractivity contribution < 1.29 is 4.42 Å². The topological polar surface area (TPSA) is 13.1 Å². The van der Waals surface area contributed by atoms with Gasteiger partial charge in [-0.2, -0.15) is 0 Å². The van der Waals surface area contributed by atoms with E-state index >= 15 is 0 Å². The zero-order valence-corrected chi connectivity index (χ0v) is 34.2. The van der Waals surface area contributed by atoms with Crippen molar-refractivity contribution in [2.75, 3.05) is 0 Å².